The van der Waals surface area contributed by atoms with Crippen LogP contribution < -0.4 is 5.32 Å². The van der Waals surface area contributed by atoms with Crippen molar-refractivity contribution in [3.05, 3.63) is 29.8 Å². The largest absolute Gasteiger partial charge is 0.460 e. The molecule has 0 aliphatic carbocycles. The monoisotopic (exact) mass is 666 g/mol. The summed E-state index contributed by atoms with van der Waals surface area (Å²) in [5.41, 5.74) is 1.54. The van der Waals surface area contributed by atoms with Crippen LogP contribution in [0.2, 0.25) is 0 Å². The molecule has 0 radical (unpaired) electrons. The average Bonchev–Trinajstić information content (AvgIpc) is 3.09. The number of carbonyl (C=O) groups excluding carboxylic acids is 1. The molecule has 0 saturated heterocycles. The third kappa shape index (κ3) is 30.1. The quantitative estimate of drug-likeness (QED) is 0.0556. The number of carbonyl (C=O) groups is 1. The van der Waals surface area contributed by atoms with E-state index in [1.54, 1.807) is 12.1 Å². The third-order valence-corrected chi connectivity index (χ3v) is 8.07. The first kappa shape index (κ1) is 43.3. The van der Waals surface area contributed by atoms with Crippen molar-refractivity contribution in [3.8, 4) is 0 Å². The zero-order chi connectivity index (χ0) is 33.7. The van der Waals surface area contributed by atoms with Crippen molar-refractivity contribution in [1.82, 2.24) is 0 Å². The number of ether oxygens (including phenoxy) is 6. The zero-order valence-corrected chi connectivity index (χ0v) is 30.4. The molecule has 0 heterocycles. The van der Waals surface area contributed by atoms with Crippen LogP contribution in [0.5, 0.6) is 0 Å². The second-order valence-corrected chi connectivity index (χ2v) is 12.4. The summed E-state index contributed by atoms with van der Waals surface area (Å²) in [6, 6.07) is 7.35. The van der Waals surface area contributed by atoms with E-state index in [2.05, 4.69) is 19.2 Å². The van der Waals surface area contributed by atoms with E-state index in [-0.39, 0.29) is 12.6 Å². The van der Waals surface area contributed by atoms with Crippen LogP contribution >= 0.6 is 0 Å². The van der Waals surface area contributed by atoms with Gasteiger partial charge in [0, 0.05) is 18.8 Å². The second-order valence-electron chi connectivity index (χ2n) is 12.4. The highest BCUT2D eigenvalue weighted by Gasteiger charge is 2.07. The van der Waals surface area contributed by atoms with Crippen LogP contribution in [0.25, 0.3) is 0 Å². The first-order chi connectivity index (χ1) is 23.3. The molecular formula is C39H71NO7. The number of unbranched alkanes of at least 4 members (excludes halogenated alkanes) is 16. The van der Waals surface area contributed by atoms with Gasteiger partial charge < -0.3 is 33.7 Å². The Bertz CT molecular complexity index is 777. The molecule has 0 saturated carbocycles. The molecule has 47 heavy (non-hydrogen) atoms. The van der Waals surface area contributed by atoms with Crippen molar-refractivity contribution in [2.75, 3.05) is 84.5 Å². The lowest BCUT2D eigenvalue weighted by Gasteiger charge is -2.09. The minimum atomic E-state index is -0.343. The zero-order valence-electron chi connectivity index (χ0n) is 30.4. The average molecular weight is 666 g/mol. The first-order valence-corrected chi connectivity index (χ1v) is 19.2. The lowest BCUT2D eigenvalue weighted by molar-refractivity contribution is -0.0153. The fourth-order valence-electron chi connectivity index (χ4n) is 5.14. The van der Waals surface area contributed by atoms with E-state index in [1.807, 2.05) is 12.1 Å². The van der Waals surface area contributed by atoms with Crippen LogP contribution in [-0.4, -0.2) is 85.2 Å². The van der Waals surface area contributed by atoms with E-state index in [4.69, 9.17) is 28.4 Å². The second kappa shape index (κ2) is 35.6. The van der Waals surface area contributed by atoms with Crippen molar-refractivity contribution in [1.29, 1.82) is 0 Å². The van der Waals surface area contributed by atoms with Crippen LogP contribution in [-0.2, 0) is 28.4 Å². The molecule has 0 unspecified atom stereocenters. The maximum atomic E-state index is 12.1. The van der Waals surface area contributed by atoms with Crippen LogP contribution in [0.15, 0.2) is 24.3 Å². The molecule has 8 heteroatoms. The summed E-state index contributed by atoms with van der Waals surface area (Å²) in [6.07, 6.45) is 24.4. The van der Waals surface area contributed by atoms with Gasteiger partial charge in [0.05, 0.1) is 65.0 Å². The SMILES string of the molecule is CCCCCCCCCCCCCCCCCCOCCOCCOCCOCCOCCOC(=O)c1ccc(NCCCC)cc1. The van der Waals surface area contributed by atoms with Gasteiger partial charge in [-0.05, 0) is 37.1 Å². The molecule has 0 spiro atoms. The molecule has 0 aliphatic rings. The number of anilines is 1. The van der Waals surface area contributed by atoms with Crippen LogP contribution in [0.4, 0.5) is 5.69 Å². The fourth-order valence-corrected chi connectivity index (χ4v) is 5.14. The standard InChI is InChI=1S/C39H71NO7/c1-3-5-7-8-9-10-11-12-13-14-15-16-17-18-19-20-26-42-27-28-43-29-30-44-31-32-45-33-34-46-35-36-47-39(41)37-21-23-38(24-22-37)40-25-6-4-2/h21-24,40H,3-20,25-36H2,1-2H3. The number of hydrogen-bond acceptors (Lipinski definition) is 8. The van der Waals surface area contributed by atoms with Gasteiger partial charge in [0.15, 0.2) is 0 Å². The number of rotatable bonds is 37. The lowest BCUT2D eigenvalue weighted by Crippen LogP contribution is -2.15. The minimum absolute atomic E-state index is 0.211. The van der Waals surface area contributed by atoms with Gasteiger partial charge in [-0.15, -0.1) is 0 Å². The van der Waals surface area contributed by atoms with Gasteiger partial charge in [-0.2, -0.15) is 0 Å². The van der Waals surface area contributed by atoms with Crippen molar-refractivity contribution in [2.24, 2.45) is 0 Å². The summed E-state index contributed by atoms with van der Waals surface area (Å²) in [4.78, 5) is 12.1. The van der Waals surface area contributed by atoms with Crippen molar-refractivity contribution in [2.45, 2.75) is 129 Å². The normalized spacial score (nSPS) is 11.3. The highest BCUT2D eigenvalue weighted by molar-refractivity contribution is 5.89. The maximum absolute atomic E-state index is 12.1. The summed E-state index contributed by atoms with van der Waals surface area (Å²) in [5, 5.41) is 3.33. The molecule has 0 aromatic heterocycles. The summed E-state index contributed by atoms with van der Waals surface area (Å²) >= 11 is 0. The Morgan fingerprint density at radius 1 is 0.447 bits per heavy atom. The van der Waals surface area contributed by atoms with Gasteiger partial charge in [-0.3, -0.25) is 0 Å². The number of benzene rings is 1. The highest BCUT2D eigenvalue weighted by Crippen LogP contribution is 2.14. The van der Waals surface area contributed by atoms with Gasteiger partial charge >= 0.3 is 5.97 Å². The van der Waals surface area contributed by atoms with Gasteiger partial charge in [0.2, 0.25) is 0 Å². The molecule has 0 aliphatic heterocycles. The molecular weight excluding hydrogens is 594 g/mol. The van der Waals surface area contributed by atoms with Crippen LogP contribution in [0.1, 0.15) is 140 Å². The van der Waals surface area contributed by atoms with E-state index in [0.29, 0.717) is 65.0 Å². The van der Waals surface area contributed by atoms with E-state index in [1.165, 1.54) is 96.3 Å². The van der Waals surface area contributed by atoms with E-state index < -0.39 is 0 Å². The molecule has 1 aromatic carbocycles. The van der Waals surface area contributed by atoms with Gasteiger partial charge in [-0.1, -0.05) is 117 Å². The molecule has 1 N–H and O–H groups in total. The Hall–Kier alpha value is -1.71. The molecule has 274 valence electrons. The molecule has 1 aromatic rings. The van der Waals surface area contributed by atoms with Crippen molar-refractivity contribution < 1.29 is 33.2 Å². The Morgan fingerprint density at radius 2 is 0.809 bits per heavy atom. The first-order valence-electron chi connectivity index (χ1n) is 19.2. The van der Waals surface area contributed by atoms with Crippen LogP contribution in [0, 0.1) is 0 Å². The van der Waals surface area contributed by atoms with Crippen LogP contribution in [0.3, 0.4) is 0 Å². The molecule has 0 bridgehead atoms. The molecule has 0 fully saturated rings. The molecule has 0 atom stereocenters. The van der Waals surface area contributed by atoms with Gasteiger partial charge in [0.1, 0.15) is 6.61 Å². The molecule has 0 amide bonds. The van der Waals surface area contributed by atoms with Crippen molar-refractivity contribution >= 4 is 11.7 Å². The smallest absolute Gasteiger partial charge is 0.338 e. The summed E-state index contributed by atoms with van der Waals surface area (Å²) in [7, 11) is 0. The van der Waals surface area contributed by atoms with Gasteiger partial charge in [-0.25, -0.2) is 4.79 Å². The fraction of sp³-hybridized carbons (Fsp3) is 0.821. The van der Waals surface area contributed by atoms with E-state index in [9.17, 15) is 4.79 Å². The Kier molecular flexibility index (Phi) is 32.8. The van der Waals surface area contributed by atoms with Crippen molar-refractivity contribution in [3.63, 3.8) is 0 Å². The number of esters is 1. The summed E-state index contributed by atoms with van der Waals surface area (Å²) < 4.78 is 33.0. The van der Waals surface area contributed by atoms with E-state index >= 15 is 0 Å². The van der Waals surface area contributed by atoms with Gasteiger partial charge in [0.25, 0.3) is 0 Å². The number of nitrogens with one attached hydrogen (secondary N) is 1. The predicted molar refractivity (Wildman–Crippen MR) is 194 cm³/mol. The molecule has 8 nitrogen and oxygen atoms in total. The minimum Gasteiger partial charge on any atom is -0.460 e. The molecule has 1 rings (SSSR count). The summed E-state index contributed by atoms with van der Waals surface area (Å²) in [5.74, 6) is -0.343. The highest BCUT2D eigenvalue weighted by atomic mass is 16.6. The third-order valence-electron chi connectivity index (χ3n) is 8.07. The lowest BCUT2D eigenvalue weighted by atomic mass is 10.0. The Balaban J connectivity index is 1.70. The topological polar surface area (TPSA) is 84.5 Å². The Labute approximate surface area is 288 Å². The maximum Gasteiger partial charge on any atom is 0.338 e. The predicted octanol–water partition coefficient (Wildman–Crippen LogP) is 9.40. The Morgan fingerprint density at radius 3 is 1.23 bits per heavy atom. The van der Waals surface area contributed by atoms with E-state index in [0.717, 1.165) is 38.1 Å². The summed E-state index contributed by atoms with van der Waals surface area (Å²) in [6.45, 7) is 11.0. The number of hydrogen-bond donors (Lipinski definition) is 1.